The first-order valence-corrected chi connectivity index (χ1v) is 9.20. The van der Waals surface area contributed by atoms with Gasteiger partial charge in [-0.1, -0.05) is 31.3 Å². The lowest BCUT2D eigenvalue weighted by atomic mass is 9.77. The molecule has 0 aromatic carbocycles. The van der Waals surface area contributed by atoms with Crippen LogP contribution < -0.4 is 10.6 Å². The second-order valence-electron chi connectivity index (χ2n) is 6.55. The minimum Gasteiger partial charge on any atom is -0.343 e. The lowest BCUT2D eigenvalue weighted by Gasteiger charge is -2.32. The van der Waals surface area contributed by atoms with E-state index in [1.165, 1.54) is 15.4 Å². The van der Waals surface area contributed by atoms with E-state index in [0.29, 0.717) is 0 Å². The zero-order valence-corrected chi connectivity index (χ0v) is 14.6. The molecule has 1 unspecified atom stereocenters. The van der Waals surface area contributed by atoms with Gasteiger partial charge in [0.2, 0.25) is 0 Å². The van der Waals surface area contributed by atoms with Crippen LogP contribution in [0.3, 0.4) is 0 Å². The summed E-state index contributed by atoms with van der Waals surface area (Å²) in [5.41, 5.74) is 7.86. The van der Waals surface area contributed by atoms with Gasteiger partial charge in [0, 0.05) is 22.3 Å². The van der Waals surface area contributed by atoms with E-state index in [1.54, 1.807) is 22.7 Å². The number of thiophene rings is 1. The number of aromatic nitrogens is 1. The normalized spacial score (nSPS) is 20.3. The van der Waals surface area contributed by atoms with E-state index in [2.05, 4.69) is 43.2 Å². The number of rotatable bonds is 4. The summed E-state index contributed by atoms with van der Waals surface area (Å²) in [5.74, 6) is 0. The summed E-state index contributed by atoms with van der Waals surface area (Å²) in [6.07, 6.45) is 2.10. The van der Waals surface area contributed by atoms with Gasteiger partial charge in [0.15, 0.2) is 5.13 Å². The molecule has 0 fully saturated rings. The number of nitrogens with two attached hydrogens (primary N) is 1. The van der Waals surface area contributed by atoms with Gasteiger partial charge in [-0.3, -0.25) is 0 Å². The first-order chi connectivity index (χ1) is 9.98. The first-order valence-electron chi connectivity index (χ1n) is 7.51. The largest absolute Gasteiger partial charge is 0.343 e. The molecule has 2 heterocycles. The smallest absolute Gasteiger partial charge is 0.186 e. The molecule has 1 aliphatic carbocycles. The van der Waals surface area contributed by atoms with Crippen LogP contribution in [0.15, 0.2) is 17.5 Å². The fourth-order valence-electron chi connectivity index (χ4n) is 3.02. The minimum absolute atomic E-state index is 0.149. The number of anilines is 1. The Balaban J connectivity index is 1.86. The Morgan fingerprint density at radius 2 is 2.29 bits per heavy atom. The molecule has 2 aromatic rings. The number of hydrogen-bond donors (Lipinski definition) is 1. The van der Waals surface area contributed by atoms with Gasteiger partial charge in [-0.25, -0.2) is 4.98 Å². The molecule has 0 spiro atoms. The minimum atomic E-state index is 0.149. The third-order valence-electron chi connectivity index (χ3n) is 4.05. The van der Waals surface area contributed by atoms with Gasteiger partial charge in [0.05, 0.1) is 12.2 Å². The van der Waals surface area contributed by atoms with E-state index in [9.17, 15) is 0 Å². The van der Waals surface area contributed by atoms with E-state index in [4.69, 9.17) is 10.7 Å². The second-order valence-corrected chi connectivity index (χ2v) is 8.59. The van der Waals surface area contributed by atoms with Crippen LogP contribution in [0, 0.1) is 5.41 Å². The highest BCUT2D eigenvalue weighted by atomic mass is 32.1. The molecule has 5 heteroatoms. The van der Waals surface area contributed by atoms with Crippen LogP contribution in [-0.4, -0.2) is 11.5 Å². The highest BCUT2D eigenvalue weighted by Gasteiger charge is 2.33. The van der Waals surface area contributed by atoms with Crippen molar-refractivity contribution < 1.29 is 0 Å². The zero-order valence-electron chi connectivity index (χ0n) is 12.9. The Bertz CT molecular complexity index is 601. The molecule has 21 heavy (non-hydrogen) atoms. The maximum Gasteiger partial charge on any atom is 0.186 e. The van der Waals surface area contributed by atoms with E-state index in [0.717, 1.165) is 31.1 Å². The van der Waals surface area contributed by atoms with Crippen LogP contribution >= 0.6 is 22.7 Å². The van der Waals surface area contributed by atoms with Crippen molar-refractivity contribution in [3.8, 4) is 0 Å². The Labute approximate surface area is 134 Å². The predicted molar refractivity (Wildman–Crippen MR) is 92.2 cm³/mol. The van der Waals surface area contributed by atoms with Crippen LogP contribution in [0.5, 0.6) is 0 Å². The summed E-state index contributed by atoms with van der Waals surface area (Å²) in [6.45, 7) is 8.69. The maximum absolute atomic E-state index is 6.37. The van der Waals surface area contributed by atoms with Gasteiger partial charge < -0.3 is 10.6 Å². The molecule has 0 bridgehead atoms. The van der Waals surface area contributed by atoms with Crippen molar-refractivity contribution in [1.82, 2.24) is 4.98 Å². The summed E-state index contributed by atoms with van der Waals surface area (Å²) >= 11 is 3.60. The van der Waals surface area contributed by atoms with Crippen LogP contribution in [0.4, 0.5) is 5.13 Å². The lowest BCUT2D eigenvalue weighted by Crippen LogP contribution is -2.28. The van der Waals surface area contributed by atoms with E-state index in [1.807, 2.05) is 0 Å². The van der Waals surface area contributed by atoms with Crippen LogP contribution in [0.1, 0.15) is 48.7 Å². The quantitative estimate of drug-likeness (QED) is 0.917. The van der Waals surface area contributed by atoms with Crippen molar-refractivity contribution in [2.75, 3.05) is 11.4 Å². The van der Waals surface area contributed by atoms with Crippen molar-refractivity contribution in [3.63, 3.8) is 0 Å². The van der Waals surface area contributed by atoms with Crippen LogP contribution in [0.2, 0.25) is 0 Å². The summed E-state index contributed by atoms with van der Waals surface area (Å²) in [6, 6.07) is 4.45. The number of nitrogens with zero attached hydrogens (tertiary/aromatic N) is 2. The average Bonchev–Trinajstić information content (AvgIpc) is 3.03. The second kappa shape index (κ2) is 5.71. The Morgan fingerprint density at radius 1 is 1.48 bits per heavy atom. The topological polar surface area (TPSA) is 42.2 Å². The molecule has 0 radical (unpaired) electrons. The van der Waals surface area contributed by atoms with Gasteiger partial charge in [-0.2, -0.15) is 0 Å². The Hall–Kier alpha value is -0.910. The zero-order chi connectivity index (χ0) is 15.0. The standard InChI is InChI=1S/C16H23N3S2/c1-4-19(10-11-6-5-7-20-11)15-18-13-9-16(2,3)8-12(17)14(13)21-15/h5-7,12H,4,8-10,17H2,1-3H3. The molecule has 1 atom stereocenters. The van der Waals surface area contributed by atoms with Crippen LogP contribution in [0.25, 0.3) is 0 Å². The van der Waals surface area contributed by atoms with Crippen molar-refractivity contribution in [2.24, 2.45) is 11.1 Å². The molecule has 2 N–H and O–H groups in total. The molecular weight excluding hydrogens is 298 g/mol. The van der Waals surface area contributed by atoms with Gasteiger partial charge in [-0.05, 0) is 36.6 Å². The number of hydrogen-bond acceptors (Lipinski definition) is 5. The monoisotopic (exact) mass is 321 g/mol. The molecule has 3 rings (SSSR count). The molecule has 3 nitrogen and oxygen atoms in total. The summed E-state index contributed by atoms with van der Waals surface area (Å²) in [7, 11) is 0. The summed E-state index contributed by atoms with van der Waals surface area (Å²) in [4.78, 5) is 9.96. The first kappa shape index (κ1) is 15.0. The van der Waals surface area contributed by atoms with Gasteiger partial charge in [0.25, 0.3) is 0 Å². The van der Waals surface area contributed by atoms with E-state index in [-0.39, 0.29) is 11.5 Å². The van der Waals surface area contributed by atoms with E-state index >= 15 is 0 Å². The SMILES string of the molecule is CCN(Cc1cccs1)c1nc2c(s1)C(N)CC(C)(C)C2. The van der Waals surface area contributed by atoms with Gasteiger partial charge in [-0.15, -0.1) is 11.3 Å². The molecule has 0 aliphatic heterocycles. The number of thiazole rings is 1. The fraction of sp³-hybridized carbons (Fsp3) is 0.562. The maximum atomic E-state index is 6.37. The molecule has 0 saturated carbocycles. The Morgan fingerprint density at radius 3 is 2.95 bits per heavy atom. The lowest BCUT2D eigenvalue weighted by molar-refractivity contribution is 0.282. The van der Waals surface area contributed by atoms with Gasteiger partial charge in [0.1, 0.15) is 0 Å². The molecule has 0 amide bonds. The van der Waals surface area contributed by atoms with Crippen molar-refractivity contribution in [1.29, 1.82) is 0 Å². The summed E-state index contributed by atoms with van der Waals surface area (Å²) < 4.78 is 0. The van der Waals surface area contributed by atoms with Crippen molar-refractivity contribution in [2.45, 2.75) is 46.2 Å². The number of fused-ring (bicyclic) bond motifs is 1. The Kier molecular flexibility index (Phi) is 4.08. The predicted octanol–water partition coefficient (Wildman–Crippen LogP) is 4.20. The third-order valence-corrected chi connectivity index (χ3v) is 6.20. The van der Waals surface area contributed by atoms with Crippen LogP contribution in [-0.2, 0) is 13.0 Å². The summed E-state index contributed by atoms with van der Waals surface area (Å²) in [5, 5.41) is 3.26. The molecular formula is C16H23N3S2. The molecule has 0 saturated heterocycles. The molecule has 1 aliphatic rings. The van der Waals surface area contributed by atoms with E-state index < -0.39 is 0 Å². The average molecular weight is 322 g/mol. The molecule has 114 valence electrons. The van der Waals surface area contributed by atoms with Crippen molar-refractivity contribution >= 4 is 27.8 Å². The highest BCUT2D eigenvalue weighted by Crippen LogP contribution is 2.43. The van der Waals surface area contributed by atoms with Gasteiger partial charge >= 0.3 is 0 Å². The third kappa shape index (κ3) is 3.15. The fourth-order valence-corrected chi connectivity index (χ4v) is 4.89. The highest BCUT2D eigenvalue weighted by molar-refractivity contribution is 7.15. The molecule has 2 aromatic heterocycles. The van der Waals surface area contributed by atoms with Crippen molar-refractivity contribution in [3.05, 3.63) is 33.0 Å².